The third kappa shape index (κ3) is 1.76. The number of aromatic amines is 1. The normalized spacial score (nSPS) is 29.4. The van der Waals surface area contributed by atoms with Gasteiger partial charge in [-0.15, -0.1) is 0 Å². The number of nitrogens with zero attached hydrogens (tertiary/aromatic N) is 1. The molecule has 3 heterocycles. The van der Waals surface area contributed by atoms with Gasteiger partial charge in [0.05, 0.1) is 24.6 Å². The van der Waals surface area contributed by atoms with E-state index in [4.69, 9.17) is 9.84 Å². The molecule has 7 heteroatoms. The summed E-state index contributed by atoms with van der Waals surface area (Å²) in [6.07, 6.45) is 4.28. The molecule has 2 fully saturated rings. The predicted octanol–water partition coefficient (Wildman–Crippen LogP) is 0.158. The Hall–Kier alpha value is -1.89. The topological polar surface area (TPSA) is 104 Å². The molecule has 2 aliphatic heterocycles. The summed E-state index contributed by atoms with van der Waals surface area (Å²) in [5.74, 6) is -1.66. The number of fused-ring (bicyclic) bond motifs is 2. The highest BCUT2D eigenvalue weighted by Gasteiger charge is 2.41. The molecular weight excluding hydrogens is 238 g/mol. The van der Waals surface area contributed by atoms with Gasteiger partial charge in [0.2, 0.25) is 0 Å². The van der Waals surface area contributed by atoms with Gasteiger partial charge in [0.25, 0.3) is 5.91 Å². The van der Waals surface area contributed by atoms with E-state index < -0.39 is 11.9 Å². The summed E-state index contributed by atoms with van der Waals surface area (Å²) in [6, 6.07) is -0.0328. The van der Waals surface area contributed by atoms with E-state index in [9.17, 15) is 9.59 Å². The van der Waals surface area contributed by atoms with E-state index in [-0.39, 0.29) is 29.6 Å². The Bertz CT molecular complexity index is 498. The molecule has 0 radical (unpaired) electrons. The number of imidazole rings is 1. The van der Waals surface area contributed by atoms with Crippen LogP contribution in [0.25, 0.3) is 0 Å². The van der Waals surface area contributed by atoms with E-state index in [1.54, 1.807) is 0 Å². The Balaban J connectivity index is 1.71. The van der Waals surface area contributed by atoms with Crippen molar-refractivity contribution in [1.82, 2.24) is 15.3 Å². The zero-order valence-electron chi connectivity index (χ0n) is 9.55. The van der Waals surface area contributed by atoms with Gasteiger partial charge in [-0.05, 0) is 19.3 Å². The first-order chi connectivity index (χ1) is 8.65. The van der Waals surface area contributed by atoms with Crippen LogP contribution in [0.5, 0.6) is 0 Å². The van der Waals surface area contributed by atoms with Crippen molar-refractivity contribution in [3.63, 3.8) is 0 Å². The fraction of sp³-hybridized carbons (Fsp3) is 0.545. The molecule has 0 aromatic carbocycles. The van der Waals surface area contributed by atoms with E-state index in [0.29, 0.717) is 0 Å². The Morgan fingerprint density at radius 2 is 2.33 bits per heavy atom. The molecule has 2 saturated heterocycles. The number of rotatable bonds is 3. The van der Waals surface area contributed by atoms with Gasteiger partial charge in [0.15, 0.2) is 11.4 Å². The molecule has 0 aliphatic carbocycles. The van der Waals surface area contributed by atoms with Crippen LogP contribution in [0, 0.1) is 0 Å². The number of carboxylic acids is 1. The zero-order chi connectivity index (χ0) is 12.7. The molecule has 7 nitrogen and oxygen atoms in total. The second-order valence-corrected chi connectivity index (χ2v) is 4.62. The molecule has 1 aromatic rings. The second kappa shape index (κ2) is 4.09. The third-order valence-electron chi connectivity index (χ3n) is 3.49. The fourth-order valence-electron chi connectivity index (χ4n) is 2.66. The molecule has 1 aromatic heterocycles. The Kier molecular flexibility index (Phi) is 2.55. The minimum absolute atomic E-state index is 0.0328. The minimum atomic E-state index is -1.19. The van der Waals surface area contributed by atoms with Crippen LogP contribution in [0.15, 0.2) is 6.33 Å². The van der Waals surface area contributed by atoms with Gasteiger partial charge in [-0.25, -0.2) is 9.78 Å². The smallest absolute Gasteiger partial charge is 0.354 e. The Morgan fingerprint density at radius 3 is 2.94 bits per heavy atom. The van der Waals surface area contributed by atoms with Crippen LogP contribution in [0.1, 0.15) is 40.2 Å². The first-order valence-electron chi connectivity index (χ1n) is 5.88. The number of hydrogen-bond donors (Lipinski definition) is 3. The molecule has 2 bridgehead atoms. The second-order valence-electron chi connectivity index (χ2n) is 4.62. The molecule has 3 unspecified atom stereocenters. The van der Waals surface area contributed by atoms with E-state index in [1.165, 1.54) is 6.33 Å². The van der Waals surface area contributed by atoms with Gasteiger partial charge < -0.3 is 20.1 Å². The summed E-state index contributed by atoms with van der Waals surface area (Å²) >= 11 is 0. The van der Waals surface area contributed by atoms with Crippen LogP contribution < -0.4 is 5.32 Å². The Labute approximate surface area is 103 Å². The molecule has 18 heavy (non-hydrogen) atoms. The number of H-pyrrole nitrogens is 1. The van der Waals surface area contributed by atoms with Crippen molar-refractivity contribution >= 4 is 11.9 Å². The number of carbonyl (C=O) groups excluding carboxylic acids is 1. The molecule has 96 valence electrons. The van der Waals surface area contributed by atoms with Crippen LogP contribution >= 0.6 is 0 Å². The molecule has 2 aliphatic rings. The molecule has 0 saturated carbocycles. The highest BCUT2D eigenvalue weighted by Crippen LogP contribution is 2.34. The highest BCUT2D eigenvalue weighted by molar-refractivity contribution is 6.02. The SMILES string of the molecule is O=C(NC1CC2CCC1O2)c1nc[nH]c1C(=O)O. The van der Waals surface area contributed by atoms with Crippen molar-refractivity contribution in [2.24, 2.45) is 0 Å². The number of carboxylic acid groups (broad SMARTS) is 1. The average molecular weight is 251 g/mol. The summed E-state index contributed by atoms with van der Waals surface area (Å²) < 4.78 is 5.62. The van der Waals surface area contributed by atoms with Crippen molar-refractivity contribution in [2.45, 2.75) is 37.5 Å². The van der Waals surface area contributed by atoms with Crippen molar-refractivity contribution in [2.75, 3.05) is 0 Å². The van der Waals surface area contributed by atoms with Gasteiger partial charge in [0.1, 0.15) is 0 Å². The monoisotopic (exact) mass is 251 g/mol. The lowest BCUT2D eigenvalue weighted by molar-refractivity contribution is 0.0683. The molecule has 0 spiro atoms. The standard InChI is InChI=1S/C11H13N3O4/c15-10(8-9(11(16)17)13-4-12-8)14-6-3-5-1-2-7(6)18-5/h4-7H,1-3H2,(H,12,13)(H,14,15)(H,16,17). The Morgan fingerprint density at radius 1 is 1.50 bits per heavy atom. The molecular formula is C11H13N3O4. The number of carbonyl (C=O) groups is 2. The lowest BCUT2D eigenvalue weighted by Gasteiger charge is -2.19. The largest absolute Gasteiger partial charge is 0.477 e. The summed E-state index contributed by atoms with van der Waals surface area (Å²) in [7, 11) is 0. The first kappa shape index (κ1) is 11.2. The molecule has 3 atom stereocenters. The summed E-state index contributed by atoms with van der Waals surface area (Å²) in [6.45, 7) is 0. The maximum Gasteiger partial charge on any atom is 0.354 e. The summed E-state index contributed by atoms with van der Waals surface area (Å²) in [5.41, 5.74) is -0.262. The van der Waals surface area contributed by atoms with Crippen molar-refractivity contribution in [3.05, 3.63) is 17.7 Å². The van der Waals surface area contributed by atoms with Crippen LogP contribution in [-0.2, 0) is 4.74 Å². The van der Waals surface area contributed by atoms with Crippen LogP contribution in [0.3, 0.4) is 0 Å². The molecule has 3 N–H and O–H groups in total. The van der Waals surface area contributed by atoms with Gasteiger partial charge in [-0.2, -0.15) is 0 Å². The lowest BCUT2D eigenvalue weighted by atomic mass is 9.95. The van der Waals surface area contributed by atoms with Crippen molar-refractivity contribution in [1.29, 1.82) is 0 Å². The van der Waals surface area contributed by atoms with Crippen molar-refractivity contribution in [3.8, 4) is 0 Å². The number of aromatic nitrogens is 2. The minimum Gasteiger partial charge on any atom is -0.477 e. The van der Waals surface area contributed by atoms with Crippen LogP contribution in [-0.4, -0.2) is 45.2 Å². The van der Waals surface area contributed by atoms with Crippen LogP contribution in [0.2, 0.25) is 0 Å². The molecule has 1 amide bonds. The van der Waals surface area contributed by atoms with Crippen molar-refractivity contribution < 1.29 is 19.4 Å². The van der Waals surface area contributed by atoms with Gasteiger partial charge >= 0.3 is 5.97 Å². The van der Waals surface area contributed by atoms with Gasteiger partial charge in [-0.1, -0.05) is 0 Å². The van der Waals surface area contributed by atoms with E-state index in [1.807, 2.05) is 0 Å². The summed E-state index contributed by atoms with van der Waals surface area (Å²) in [5, 5.41) is 11.7. The molecule has 3 rings (SSSR count). The number of aromatic carboxylic acids is 1. The number of amides is 1. The predicted molar refractivity (Wildman–Crippen MR) is 59.3 cm³/mol. The number of nitrogens with one attached hydrogen (secondary N) is 2. The average Bonchev–Trinajstić information content (AvgIpc) is 3.04. The van der Waals surface area contributed by atoms with E-state index in [2.05, 4.69) is 15.3 Å². The number of hydrogen-bond acceptors (Lipinski definition) is 4. The van der Waals surface area contributed by atoms with E-state index >= 15 is 0 Å². The highest BCUT2D eigenvalue weighted by atomic mass is 16.5. The van der Waals surface area contributed by atoms with Gasteiger partial charge in [0, 0.05) is 0 Å². The van der Waals surface area contributed by atoms with Crippen LogP contribution in [0.4, 0.5) is 0 Å². The summed E-state index contributed by atoms with van der Waals surface area (Å²) in [4.78, 5) is 29.0. The fourth-order valence-corrected chi connectivity index (χ4v) is 2.66. The number of ether oxygens (including phenoxy) is 1. The zero-order valence-corrected chi connectivity index (χ0v) is 9.55. The maximum absolute atomic E-state index is 12.0. The van der Waals surface area contributed by atoms with Gasteiger partial charge in [-0.3, -0.25) is 4.79 Å². The first-order valence-corrected chi connectivity index (χ1v) is 5.88. The van der Waals surface area contributed by atoms with E-state index in [0.717, 1.165) is 19.3 Å². The maximum atomic E-state index is 12.0. The quantitative estimate of drug-likeness (QED) is 0.709. The lowest BCUT2D eigenvalue weighted by Crippen LogP contribution is -2.41. The third-order valence-corrected chi connectivity index (χ3v) is 3.49.